The highest BCUT2D eigenvalue weighted by Gasteiger charge is 2.18. The molecule has 1 aromatic carbocycles. The lowest BCUT2D eigenvalue weighted by atomic mass is 10.1. The molecule has 0 aliphatic rings. The maximum Gasteiger partial charge on any atom is 0.338 e. The van der Waals surface area contributed by atoms with E-state index in [4.69, 9.17) is 14.5 Å². The average Bonchev–Trinajstić information content (AvgIpc) is 2.85. The maximum atomic E-state index is 11.8. The summed E-state index contributed by atoms with van der Waals surface area (Å²) >= 11 is 0. The zero-order valence-electron chi connectivity index (χ0n) is 11.4. The highest BCUT2D eigenvalue weighted by atomic mass is 16.6. The fourth-order valence-corrected chi connectivity index (χ4v) is 1.48. The van der Waals surface area contributed by atoms with E-state index >= 15 is 0 Å². The van der Waals surface area contributed by atoms with Crippen LogP contribution in [-0.4, -0.2) is 21.7 Å². The van der Waals surface area contributed by atoms with Crippen molar-refractivity contribution in [3.05, 3.63) is 35.7 Å². The van der Waals surface area contributed by atoms with Crippen LogP contribution in [0.2, 0.25) is 0 Å². The third-order valence-corrected chi connectivity index (χ3v) is 2.30. The first kappa shape index (κ1) is 13.7. The number of rotatable bonds is 2. The molecule has 0 fully saturated rings. The van der Waals surface area contributed by atoms with E-state index in [0.29, 0.717) is 17.0 Å². The van der Waals surface area contributed by atoms with Crippen LogP contribution in [0.15, 0.2) is 28.8 Å². The van der Waals surface area contributed by atoms with E-state index in [1.807, 2.05) is 20.8 Å². The van der Waals surface area contributed by atoms with Crippen molar-refractivity contribution in [3.8, 4) is 17.5 Å². The van der Waals surface area contributed by atoms with Crippen molar-refractivity contribution in [2.45, 2.75) is 26.4 Å². The van der Waals surface area contributed by atoms with Gasteiger partial charge in [-0.3, -0.25) is 0 Å². The third kappa shape index (κ3) is 3.20. The standard InChI is InChI=1S/C14H13N3O3/c1-14(2,3)19-13(18)10-6-4-9(5-7-10)12-16-11(8-15)20-17-12/h4-7H,1-3H3. The molecule has 6 heteroatoms. The maximum absolute atomic E-state index is 11.8. The number of hydrogen-bond acceptors (Lipinski definition) is 6. The van der Waals surface area contributed by atoms with Gasteiger partial charge < -0.3 is 9.26 Å². The summed E-state index contributed by atoms with van der Waals surface area (Å²) in [6.07, 6.45) is 0. The summed E-state index contributed by atoms with van der Waals surface area (Å²) in [5, 5.41) is 12.3. The molecule has 0 bridgehead atoms. The minimum Gasteiger partial charge on any atom is -0.456 e. The highest BCUT2D eigenvalue weighted by molar-refractivity contribution is 5.90. The molecule has 0 atom stereocenters. The average molecular weight is 271 g/mol. The van der Waals surface area contributed by atoms with Crippen LogP contribution in [-0.2, 0) is 4.74 Å². The molecule has 0 spiro atoms. The normalized spacial score (nSPS) is 10.9. The number of benzene rings is 1. The lowest BCUT2D eigenvalue weighted by Gasteiger charge is -2.19. The molecular formula is C14H13N3O3. The Morgan fingerprint density at radius 3 is 2.45 bits per heavy atom. The number of carbonyl (C=O) groups is 1. The molecular weight excluding hydrogens is 258 g/mol. The van der Waals surface area contributed by atoms with Crippen molar-refractivity contribution in [3.63, 3.8) is 0 Å². The first-order valence-electron chi connectivity index (χ1n) is 5.96. The second-order valence-electron chi connectivity index (χ2n) is 5.11. The van der Waals surface area contributed by atoms with Crippen molar-refractivity contribution in [2.75, 3.05) is 0 Å². The van der Waals surface area contributed by atoms with Gasteiger partial charge in [0.15, 0.2) is 6.07 Å². The number of nitriles is 1. The fourth-order valence-electron chi connectivity index (χ4n) is 1.48. The van der Waals surface area contributed by atoms with Gasteiger partial charge in [-0.1, -0.05) is 17.3 Å². The van der Waals surface area contributed by atoms with Gasteiger partial charge in [-0.2, -0.15) is 10.2 Å². The second-order valence-corrected chi connectivity index (χ2v) is 5.11. The lowest BCUT2D eigenvalue weighted by molar-refractivity contribution is 0.00696. The minimum absolute atomic E-state index is 0.101. The number of nitrogens with zero attached hydrogens (tertiary/aromatic N) is 3. The molecule has 102 valence electrons. The van der Waals surface area contributed by atoms with Crippen molar-refractivity contribution in [1.82, 2.24) is 10.1 Å². The molecule has 1 aromatic heterocycles. The Morgan fingerprint density at radius 1 is 1.30 bits per heavy atom. The highest BCUT2D eigenvalue weighted by Crippen LogP contribution is 2.18. The summed E-state index contributed by atoms with van der Waals surface area (Å²) in [6.45, 7) is 5.42. The second kappa shape index (κ2) is 5.13. The SMILES string of the molecule is CC(C)(C)OC(=O)c1ccc(-c2noc(C#N)n2)cc1. The zero-order valence-corrected chi connectivity index (χ0v) is 11.4. The van der Waals surface area contributed by atoms with Gasteiger partial charge in [-0.25, -0.2) is 4.79 Å². The predicted octanol–water partition coefficient (Wildman–Crippen LogP) is 2.56. The topological polar surface area (TPSA) is 89.0 Å². The van der Waals surface area contributed by atoms with E-state index in [9.17, 15) is 4.79 Å². The van der Waals surface area contributed by atoms with Crippen molar-refractivity contribution in [1.29, 1.82) is 5.26 Å². The molecule has 0 aliphatic heterocycles. The summed E-state index contributed by atoms with van der Waals surface area (Å²) in [4.78, 5) is 15.7. The van der Waals surface area contributed by atoms with Gasteiger partial charge in [0.25, 0.3) is 0 Å². The molecule has 2 aromatic rings. The number of esters is 1. The van der Waals surface area contributed by atoms with Gasteiger partial charge in [0.1, 0.15) is 5.60 Å². The monoisotopic (exact) mass is 271 g/mol. The van der Waals surface area contributed by atoms with Crippen LogP contribution >= 0.6 is 0 Å². The smallest absolute Gasteiger partial charge is 0.338 e. The van der Waals surface area contributed by atoms with Crippen LogP contribution in [0, 0.1) is 11.3 Å². The Kier molecular flexibility index (Phi) is 3.53. The van der Waals surface area contributed by atoms with Gasteiger partial charge in [0.2, 0.25) is 5.82 Å². The van der Waals surface area contributed by atoms with E-state index in [2.05, 4.69) is 10.1 Å². The lowest BCUT2D eigenvalue weighted by Crippen LogP contribution is -2.23. The van der Waals surface area contributed by atoms with Crippen molar-refractivity contribution < 1.29 is 14.1 Å². The predicted molar refractivity (Wildman–Crippen MR) is 69.6 cm³/mol. The number of carbonyl (C=O) groups excluding carboxylic acids is 1. The van der Waals surface area contributed by atoms with Crippen LogP contribution in [0.4, 0.5) is 0 Å². The fraction of sp³-hybridized carbons (Fsp3) is 0.286. The van der Waals surface area contributed by atoms with Crippen LogP contribution < -0.4 is 0 Å². The number of ether oxygens (including phenoxy) is 1. The number of aromatic nitrogens is 2. The molecule has 2 rings (SSSR count). The molecule has 20 heavy (non-hydrogen) atoms. The summed E-state index contributed by atoms with van der Waals surface area (Å²) in [5.41, 5.74) is 0.556. The Labute approximate surface area is 116 Å². The van der Waals surface area contributed by atoms with E-state index in [1.54, 1.807) is 30.3 Å². The van der Waals surface area contributed by atoms with Gasteiger partial charge in [0.05, 0.1) is 5.56 Å². The Morgan fingerprint density at radius 2 is 1.95 bits per heavy atom. The minimum atomic E-state index is -0.537. The first-order chi connectivity index (χ1) is 9.39. The first-order valence-corrected chi connectivity index (χ1v) is 5.96. The Balaban J connectivity index is 2.18. The summed E-state index contributed by atoms with van der Waals surface area (Å²) < 4.78 is 9.96. The van der Waals surface area contributed by atoms with Crippen LogP contribution in [0.25, 0.3) is 11.4 Å². The van der Waals surface area contributed by atoms with E-state index in [0.717, 1.165) is 0 Å². The quantitative estimate of drug-likeness (QED) is 0.780. The van der Waals surface area contributed by atoms with E-state index < -0.39 is 11.6 Å². The molecule has 0 saturated carbocycles. The van der Waals surface area contributed by atoms with Gasteiger partial charge in [-0.05, 0) is 32.9 Å². The molecule has 6 nitrogen and oxygen atoms in total. The molecule has 0 saturated heterocycles. The number of hydrogen-bond donors (Lipinski definition) is 0. The van der Waals surface area contributed by atoms with Gasteiger partial charge >= 0.3 is 11.9 Å². The summed E-state index contributed by atoms with van der Waals surface area (Å²) in [5.74, 6) is -0.191. The molecule has 0 unspecified atom stereocenters. The molecule has 0 aliphatic carbocycles. The molecule has 0 radical (unpaired) electrons. The largest absolute Gasteiger partial charge is 0.456 e. The third-order valence-electron chi connectivity index (χ3n) is 2.30. The molecule has 1 heterocycles. The summed E-state index contributed by atoms with van der Waals surface area (Å²) in [7, 11) is 0. The molecule has 0 amide bonds. The van der Waals surface area contributed by atoms with Crippen molar-refractivity contribution >= 4 is 5.97 Å². The Hall–Kier alpha value is -2.68. The Bertz CT molecular complexity index is 660. The van der Waals surface area contributed by atoms with Crippen LogP contribution in [0.1, 0.15) is 37.0 Å². The van der Waals surface area contributed by atoms with Crippen LogP contribution in [0.5, 0.6) is 0 Å². The van der Waals surface area contributed by atoms with E-state index in [-0.39, 0.29) is 5.89 Å². The van der Waals surface area contributed by atoms with Crippen LogP contribution in [0.3, 0.4) is 0 Å². The summed E-state index contributed by atoms with van der Waals surface area (Å²) in [6, 6.07) is 8.34. The van der Waals surface area contributed by atoms with E-state index in [1.165, 1.54) is 0 Å². The molecule has 0 N–H and O–H groups in total. The zero-order chi connectivity index (χ0) is 14.8. The van der Waals surface area contributed by atoms with Gasteiger partial charge in [-0.15, -0.1) is 0 Å². The van der Waals surface area contributed by atoms with Gasteiger partial charge in [0, 0.05) is 5.56 Å². The van der Waals surface area contributed by atoms with Crippen molar-refractivity contribution in [2.24, 2.45) is 0 Å².